The van der Waals surface area contributed by atoms with Crippen molar-refractivity contribution in [2.45, 2.75) is 43.3 Å². The van der Waals surface area contributed by atoms with Gasteiger partial charge in [0.05, 0.1) is 33.7 Å². The number of carboxylic acid groups (broad SMARTS) is 1. The number of esters is 1. The van der Waals surface area contributed by atoms with Crippen molar-refractivity contribution in [1.29, 1.82) is 0 Å². The van der Waals surface area contributed by atoms with Crippen molar-refractivity contribution in [3.63, 3.8) is 0 Å². The van der Waals surface area contributed by atoms with Gasteiger partial charge in [0.2, 0.25) is 0 Å². The summed E-state index contributed by atoms with van der Waals surface area (Å²) in [6.07, 6.45) is -2.07. The molecule has 5 aromatic rings. The van der Waals surface area contributed by atoms with Crippen LogP contribution in [0.3, 0.4) is 0 Å². The van der Waals surface area contributed by atoms with E-state index in [9.17, 15) is 19.2 Å². The van der Waals surface area contributed by atoms with E-state index >= 15 is 0 Å². The lowest BCUT2D eigenvalue weighted by Crippen LogP contribution is -2.39. The van der Waals surface area contributed by atoms with Gasteiger partial charge >= 0.3 is 17.6 Å². The van der Waals surface area contributed by atoms with E-state index in [2.05, 4.69) is 10.3 Å². The average Bonchev–Trinajstić information content (AvgIpc) is 3.60. The number of aromatic nitrogens is 2. The number of carbonyl (C=O) groups is 3. The van der Waals surface area contributed by atoms with Crippen LogP contribution in [0.4, 0.5) is 5.82 Å². The van der Waals surface area contributed by atoms with E-state index in [1.165, 1.54) is 16.8 Å². The van der Waals surface area contributed by atoms with Crippen LogP contribution in [0.25, 0.3) is 0 Å². The van der Waals surface area contributed by atoms with E-state index in [0.717, 1.165) is 16.7 Å². The Balaban J connectivity index is 1.33. The molecule has 1 aromatic heterocycles. The van der Waals surface area contributed by atoms with Crippen molar-refractivity contribution in [1.82, 2.24) is 9.55 Å². The summed E-state index contributed by atoms with van der Waals surface area (Å²) in [4.78, 5) is 54.2. The first-order chi connectivity index (χ1) is 26.2. The van der Waals surface area contributed by atoms with Gasteiger partial charge in [-0.2, -0.15) is 4.98 Å². The molecule has 0 spiro atoms. The number of carbonyl (C=O) groups excluding carboxylic acids is 2. The van der Waals surface area contributed by atoms with E-state index in [4.69, 9.17) is 28.8 Å². The van der Waals surface area contributed by atoms with Gasteiger partial charge in [0.15, 0.2) is 0 Å². The molecule has 0 saturated carbocycles. The molecule has 1 saturated heterocycles. The fourth-order valence-electron chi connectivity index (χ4n) is 6.34. The van der Waals surface area contributed by atoms with Crippen LogP contribution < -0.4 is 20.5 Å². The quantitative estimate of drug-likeness (QED) is 0.102. The Morgan fingerprint density at radius 1 is 0.815 bits per heavy atom. The van der Waals surface area contributed by atoms with Crippen LogP contribution in [-0.4, -0.2) is 65.5 Å². The van der Waals surface area contributed by atoms with Gasteiger partial charge in [-0.15, -0.1) is 0 Å². The molecule has 13 nitrogen and oxygen atoms in total. The number of hydrogen-bond acceptors (Lipinski definition) is 10. The van der Waals surface area contributed by atoms with Crippen molar-refractivity contribution in [3.8, 4) is 11.5 Å². The molecule has 0 unspecified atom stereocenters. The fourth-order valence-corrected chi connectivity index (χ4v) is 6.34. The predicted octanol–water partition coefficient (Wildman–Crippen LogP) is 5.59. The van der Waals surface area contributed by atoms with Crippen LogP contribution in [0, 0.1) is 0 Å². The second-order valence-corrected chi connectivity index (χ2v) is 12.4. The topological polar surface area (TPSA) is 165 Å². The van der Waals surface area contributed by atoms with Crippen molar-refractivity contribution in [3.05, 3.63) is 154 Å². The molecule has 54 heavy (non-hydrogen) atoms. The Morgan fingerprint density at radius 3 is 1.94 bits per heavy atom. The van der Waals surface area contributed by atoms with Gasteiger partial charge in [-0.25, -0.2) is 4.79 Å². The highest BCUT2D eigenvalue weighted by Gasteiger charge is 2.44. The molecule has 0 radical (unpaired) electrons. The number of nitrogens with zero attached hydrogens (tertiary/aromatic N) is 2. The maximum absolute atomic E-state index is 13.3. The smallest absolute Gasteiger partial charge is 0.351 e. The number of amides is 1. The Kier molecular flexibility index (Phi) is 11.8. The molecule has 0 bridgehead atoms. The molecule has 1 aliphatic heterocycles. The second kappa shape index (κ2) is 17.0. The summed E-state index contributed by atoms with van der Waals surface area (Å²) in [7, 11) is 3.17. The number of ether oxygens (including phenoxy) is 5. The van der Waals surface area contributed by atoms with Crippen LogP contribution in [0.2, 0.25) is 0 Å². The molecular weight excluding hydrogens is 694 g/mol. The zero-order chi connectivity index (χ0) is 38.1. The first-order valence-corrected chi connectivity index (χ1v) is 17.2. The van der Waals surface area contributed by atoms with Gasteiger partial charge in [0.1, 0.15) is 41.4 Å². The van der Waals surface area contributed by atoms with Gasteiger partial charge in [0, 0.05) is 18.2 Å². The number of hydrogen-bond donors (Lipinski definition) is 2. The second-order valence-electron chi connectivity index (χ2n) is 12.4. The molecular formula is C41H39N3O10. The van der Waals surface area contributed by atoms with Gasteiger partial charge in [-0.1, -0.05) is 72.8 Å². The first kappa shape index (κ1) is 37.4. The summed E-state index contributed by atoms with van der Waals surface area (Å²) in [6.45, 7) is -0.131. The number of rotatable bonds is 15. The summed E-state index contributed by atoms with van der Waals surface area (Å²) in [5, 5.41) is 11.8. The Bertz CT molecular complexity index is 2060. The molecule has 2 heterocycles. The molecule has 1 fully saturated rings. The number of methoxy groups -OCH3 is 2. The average molecular weight is 734 g/mol. The Morgan fingerprint density at radius 2 is 1.39 bits per heavy atom. The molecule has 0 aliphatic carbocycles. The minimum atomic E-state index is -1.23. The van der Waals surface area contributed by atoms with Crippen molar-refractivity contribution < 1.29 is 43.2 Å². The van der Waals surface area contributed by atoms with Crippen molar-refractivity contribution in [2.24, 2.45) is 0 Å². The third kappa shape index (κ3) is 8.49. The highest BCUT2D eigenvalue weighted by molar-refractivity contribution is 6.03. The van der Waals surface area contributed by atoms with Crippen molar-refractivity contribution in [2.75, 3.05) is 26.1 Å². The minimum Gasteiger partial charge on any atom is -0.497 e. The lowest BCUT2D eigenvalue weighted by Gasteiger charge is -2.37. The predicted molar refractivity (Wildman–Crippen MR) is 196 cm³/mol. The van der Waals surface area contributed by atoms with Crippen LogP contribution in [0.1, 0.15) is 52.5 Å². The van der Waals surface area contributed by atoms with Gasteiger partial charge in [-0.05, 0) is 59.2 Å². The molecule has 1 aliphatic rings. The molecule has 4 aromatic carbocycles. The normalized spacial score (nSPS) is 16.7. The number of benzene rings is 4. The standard InChI is InChI=1S/C41H39N3O10/c1-50-31-17-13-29(14-18-31)41(28-11-7-4-8-12-28,30-15-19-32(51-2)20-16-30)52-26-34-33(54-38(47)22-21-37(45)46)25-36(53-34)44-24-23-35(43-40(44)49)42-39(48)27-9-5-3-6-10-27/h3-20,23-24,33-34,36H,21-22,25-26H2,1-2H3,(H,45,46)(H,42,43,48,49)/t33-,34-,36-/m1/s1. The van der Waals surface area contributed by atoms with Gasteiger partial charge in [0.25, 0.3) is 5.91 Å². The first-order valence-electron chi connectivity index (χ1n) is 17.2. The third-order valence-electron chi connectivity index (χ3n) is 9.06. The Labute approximate surface area is 311 Å². The maximum Gasteiger partial charge on any atom is 0.351 e. The van der Waals surface area contributed by atoms with Crippen LogP contribution in [0.15, 0.2) is 126 Å². The van der Waals surface area contributed by atoms with E-state index in [0.29, 0.717) is 17.1 Å². The van der Waals surface area contributed by atoms with E-state index in [-0.39, 0.29) is 25.3 Å². The SMILES string of the molecule is COc1ccc(C(OC[C@H]2O[C@@H](n3ccc(NC(=O)c4ccccc4)nc3=O)C[C@H]2OC(=O)CCC(=O)O)(c2ccccc2)c2ccc(OC)cc2)cc1. The maximum atomic E-state index is 13.3. The van der Waals surface area contributed by atoms with Crippen LogP contribution in [0.5, 0.6) is 11.5 Å². The van der Waals surface area contributed by atoms with Crippen LogP contribution in [-0.2, 0) is 29.4 Å². The zero-order valence-electron chi connectivity index (χ0n) is 29.6. The zero-order valence-corrected chi connectivity index (χ0v) is 29.6. The minimum absolute atomic E-state index is 0.0353. The molecule has 1 amide bonds. The van der Waals surface area contributed by atoms with Crippen LogP contribution >= 0.6 is 0 Å². The van der Waals surface area contributed by atoms with Crippen molar-refractivity contribution >= 4 is 23.7 Å². The van der Waals surface area contributed by atoms with Gasteiger partial charge in [-0.3, -0.25) is 19.0 Å². The molecule has 13 heteroatoms. The highest BCUT2D eigenvalue weighted by Crippen LogP contribution is 2.43. The molecule has 6 rings (SSSR count). The van der Waals surface area contributed by atoms with E-state index in [1.54, 1.807) is 44.6 Å². The summed E-state index contributed by atoms with van der Waals surface area (Å²) in [6, 6.07) is 34.5. The lowest BCUT2D eigenvalue weighted by molar-refractivity contribution is -0.157. The number of aliphatic carboxylic acids is 1. The molecule has 2 N–H and O–H groups in total. The Hall–Kier alpha value is -6.31. The lowest BCUT2D eigenvalue weighted by atomic mass is 9.80. The molecule has 278 valence electrons. The summed E-state index contributed by atoms with van der Waals surface area (Å²) >= 11 is 0. The number of nitrogens with one attached hydrogen (secondary N) is 1. The van der Waals surface area contributed by atoms with E-state index < -0.39 is 54.0 Å². The third-order valence-corrected chi connectivity index (χ3v) is 9.06. The summed E-state index contributed by atoms with van der Waals surface area (Å²) < 4.78 is 31.3. The largest absolute Gasteiger partial charge is 0.497 e. The van der Waals surface area contributed by atoms with E-state index in [1.807, 2.05) is 78.9 Å². The van der Waals surface area contributed by atoms with Gasteiger partial charge < -0.3 is 34.1 Å². The highest BCUT2D eigenvalue weighted by atomic mass is 16.6. The number of anilines is 1. The summed E-state index contributed by atoms with van der Waals surface area (Å²) in [5.41, 5.74) is 0.775. The number of carboxylic acids is 1. The fraction of sp³-hybridized carbons (Fsp3) is 0.244. The summed E-state index contributed by atoms with van der Waals surface area (Å²) in [5.74, 6) is -0.965. The monoisotopic (exact) mass is 733 g/mol. The molecule has 3 atom stereocenters.